The van der Waals surface area contributed by atoms with Crippen LogP contribution < -0.4 is 4.74 Å². The lowest BCUT2D eigenvalue weighted by molar-refractivity contribution is -0.276. The van der Waals surface area contributed by atoms with Crippen molar-refractivity contribution in [2.75, 3.05) is 7.11 Å². The normalized spacial score (nSPS) is 12.2. The van der Waals surface area contributed by atoms with Crippen molar-refractivity contribution in [1.29, 1.82) is 0 Å². The van der Waals surface area contributed by atoms with Crippen LogP contribution in [0.15, 0.2) is 6.07 Å². The first-order chi connectivity index (χ1) is 9.97. The molecule has 0 spiro atoms. The molecule has 0 atom stereocenters. The van der Waals surface area contributed by atoms with Gasteiger partial charge in [-0.05, 0) is 5.56 Å². The number of nitrogens with zero attached hydrogens (tertiary/aromatic N) is 1. The van der Waals surface area contributed by atoms with Gasteiger partial charge in [0.15, 0.2) is 0 Å². The second kappa shape index (κ2) is 6.59. The molecule has 0 saturated carbocycles. The summed E-state index contributed by atoms with van der Waals surface area (Å²) in [6.45, 7) is 0. The summed E-state index contributed by atoms with van der Waals surface area (Å²) in [4.78, 5) is 14.2. The minimum absolute atomic E-state index is 0.378. The lowest BCUT2D eigenvalue weighted by atomic mass is 10.0. The molecule has 0 saturated heterocycles. The number of esters is 1. The molecule has 0 fully saturated rings. The third-order valence-corrected chi connectivity index (χ3v) is 2.60. The molecule has 0 bridgehead atoms. The van der Waals surface area contributed by atoms with Gasteiger partial charge in [-0.15, -0.1) is 24.8 Å². The second-order valence-electron chi connectivity index (χ2n) is 3.87. The van der Waals surface area contributed by atoms with E-state index in [4.69, 9.17) is 11.6 Å². The third kappa shape index (κ3) is 4.93. The maximum atomic E-state index is 13.0. The highest BCUT2D eigenvalue weighted by Gasteiger charge is 2.39. The van der Waals surface area contributed by atoms with Gasteiger partial charge in [0.05, 0.1) is 30.7 Å². The molecule has 11 heteroatoms. The van der Waals surface area contributed by atoms with Gasteiger partial charge in [-0.1, -0.05) is 0 Å². The van der Waals surface area contributed by atoms with Crippen LogP contribution in [0.3, 0.4) is 0 Å². The van der Waals surface area contributed by atoms with Gasteiger partial charge in [-0.3, -0.25) is 4.79 Å². The number of carbonyl (C=O) groups excluding carboxylic acids is 1. The minimum Gasteiger partial charge on any atom is -0.469 e. The fourth-order valence-corrected chi connectivity index (χ4v) is 1.80. The van der Waals surface area contributed by atoms with Crippen molar-refractivity contribution < 1.29 is 40.6 Å². The van der Waals surface area contributed by atoms with Crippen molar-refractivity contribution in [2.24, 2.45) is 0 Å². The van der Waals surface area contributed by atoms with E-state index in [1.165, 1.54) is 0 Å². The Hall–Kier alpha value is -1.71. The zero-order chi connectivity index (χ0) is 17.1. The van der Waals surface area contributed by atoms with Gasteiger partial charge in [0.25, 0.3) is 0 Å². The lowest BCUT2D eigenvalue weighted by Gasteiger charge is -2.17. The molecule has 22 heavy (non-hydrogen) atoms. The van der Waals surface area contributed by atoms with Crippen LogP contribution in [0.4, 0.5) is 26.3 Å². The standard InChI is InChI=1S/C11H8ClF6NO3/c1-21-8(20)3-5-2-7(22-11(16,17)18)19-6(4-12)9(5)10(13,14)15/h2H,3-4H2,1H3. The summed E-state index contributed by atoms with van der Waals surface area (Å²) in [6, 6.07) is 0.378. The van der Waals surface area contributed by atoms with Crippen LogP contribution in [0, 0.1) is 0 Å². The highest BCUT2D eigenvalue weighted by molar-refractivity contribution is 6.17. The summed E-state index contributed by atoms with van der Waals surface area (Å²) in [5, 5.41) is 0. The van der Waals surface area contributed by atoms with Gasteiger partial charge in [0, 0.05) is 6.07 Å². The van der Waals surface area contributed by atoms with Crippen LogP contribution in [0.5, 0.6) is 5.88 Å². The summed E-state index contributed by atoms with van der Waals surface area (Å²) in [7, 11) is 0.923. The topological polar surface area (TPSA) is 48.4 Å². The zero-order valence-corrected chi connectivity index (χ0v) is 11.6. The number of ether oxygens (including phenoxy) is 2. The van der Waals surface area contributed by atoms with E-state index in [0.29, 0.717) is 6.07 Å². The molecule has 1 aromatic rings. The SMILES string of the molecule is COC(=O)Cc1cc(OC(F)(F)F)nc(CCl)c1C(F)(F)F. The van der Waals surface area contributed by atoms with Crippen molar-refractivity contribution in [3.05, 3.63) is 22.9 Å². The van der Waals surface area contributed by atoms with E-state index in [-0.39, 0.29) is 0 Å². The number of methoxy groups -OCH3 is 1. The van der Waals surface area contributed by atoms with Gasteiger partial charge in [-0.2, -0.15) is 13.2 Å². The summed E-state index contributed by atoms with van der Waals surface area (Å²) in [5.74, 6) is -3.04. The van der Waals surface area contributed by atoms with Crippen molar-refractivity contribution in [2.45, 2.75) is 24.8 Å². The lowest BCUT2D eigenvalue weighted by Crippen LogP contribution is -2.21. The van der Waals surface area contributed by atoms with E-state index in [1.54, 1.807) is 0 Å². The van der Waals surface area contributed by atoms with Gasteiger partial charge >= 0.3 is 18.5 Å². The summed E-state index contributed by atoms with van der Waals surface area (Å²) in [5.41, 5.74) is -3.04. The monoisotopic (exact) mass is 351 g/mol. The number of hydrogen-bond acceptors (Lipinski definition) is 4. The summed E-state index contributed by atoms with van der Waals surface area (Å²) in [6.07, 6.45) is -11.0. The van der Waals surface area contributed by atoms with Crippen molar-refractivity contribution in [3.8, 4) is 5.88 Å². The maximum absolute atomic E-state index is 13.0. The number of rotatable bonds is 4. The molecular weight excluding hydrogens is 344 g/mol. The van der Waals surface area contributed by atoms with Gasteiger partial charge < -0.3 is 9.47 Å². The van der Waals surface area contributed by atoms with Crippen LogP contribution in [-0.2, 0) is 28.0 Å². The number of halogens is 7. The fourth-order valence-electron chi connectivity index (χ4n) is 1.61. The van der Waals surface area contributed by atoms with E-state index < -0.39 is 53.5 Å². The first kappa shape index (κ1) is 18.3. The molecule has 0 unspecified atom stereocenters. The van der Waals surface area contributed by atoms with E-state index in [9.17, 15) is 31.1 Å². The largest absolute Gasteiger partial charge is 0.574 e. The fraction of sp³-hybridized carbons (Fsp3) is 0.455. The molecule has 0 aliphatic heterocycles. The smallest absolute Gasteiger partial charge is 0.469 e. The highest BCUT2D eigenvalue weighted by atomic mass is 35.5. The average Bonchev–Trinajstić information content (AvgIpc) is 2.34. The molecule has 1 aromatic heterocycles. The van der Waals surface area contributed by atoms with E-state index in [2.05, 4.69) is 14.5 Å². The third-order valence-electron chi connectivity index (χ3n) is 2.35. The number of aromatic nitrogens is 1. The number of hydrogen-bond donors (Lipinski definition) is 0. The van der Waals surface area contributed by atoms with E-state index >= 15 is 0 Å². The van der Waals surface area contributed by atoms with Crippen LogP contribution in [-0.4, -0.2) is 24.4 Å². The first-order valence-electron chi connectivity index (χ1n) is 5.46. The molecule has 0 aromatic carbocycles. The highest BCUT2D eigenvalue weighted by Crippen LogP contribution is 2.37. The molecule has 0 amide bonds. The number of alkyl halides is 7. The Morgan fingerprint density at radius 2 is 1.86 bits per heavy atom. The summed E-state index contributed by atoms with van der Waals surface area (Å²) >= 11 is 5.31. The number of carbonyl (C=O) groups is 1. The van der Waals surface area contributed by atoms with Crippen LogP contribution in [0.25, 0.3) is 0 Å². The van der Waals surface area contributed by atoms with Crippen LogP contribution in [0.1, 0.15) is 16.8 Å². The Kier molecular flexibility index (Phi) is 5.49. The van der Waals surface area contributed by atoms with Crippen LogP contribution in [0.2, 0.25) is 0 Å². The average molecular weight is 352 g/mol. The van der Waals surface area contributed by atoms with Gasteiger partial charge in [-0.25, -0.2) is 4.98 Å². The predicted molar refractivity (Wildman–Crippen MR) is 61.2 cm³/mol. The molecule has 124 valence electrons. The number of pyridine rings is 1. The molecule has 0 radical (unpaired) electrons. The maximum Gasteiger partial charge on any atom is 0.574 e. The molecule has 4 nitrogen and oxygen atoms in total. The molecule has 0 N–H and O–H groups in total. The van der Waals surface area contributed by atoms with Gasteiger partial charge in [0.1, 0.15) is 0 Å². The Bertz CT molecular complexity index is 558. The Balaban J connectivity index is 3.45. The van der Waals surface area contributed by atoms with Gasteiger partial charge in [0.2, 0.25) is 5.88 Å². The molecule has 1 rings (SSSR count). The molecule has 0 aliphatic rings. The van der Waals surface area contributed by atoms with E-state index in [0.717, 1.165) is 7.11 Å². The Morgan fingerprint density at radius 1 is 1.27 bits per heavy atom. The predicted octanol–water partition coefficient (Wildman–Crippen LogP) is 3.45. The quantitative estimate of drug-likeness (QED) is 0.473. The van der Waals surface area contributed by atoms with Crippen molar-refractivity contribution in [3.63, 3.8) is 0 Å². The second-order valence-corrected chi connectivity index (χ2v) is 4.14. The molecule has 1 heterocycles. The first-order valence-corrected chi connectivity index (χ1v) is 6.00. The van der Waals surface area contributed by atoms with Crippen molar-refractivity contribution >= 4 is 17.6 Å². The Labute approximate surface area is 125 Å². The van der Waals surface area contributed by atoms with Crippen LogP contribution >= 0.6 is 11.6 Å². The molecular formula is C11H8ClF6NO3. The summed E-state index contributed by atoms with van der Waals surface area (Å²) < 4.78 is 83.2. The minimum atomic E-state index is -5.15. The molecule has 0 aliphatic carbocycles. The van der Waals surface area contributed by atoms with E-state index in [1.807, 2.05) is 0 Å². The zero-order valence-electron chi connectivity index (χ0n) is 10.8. The Morgan fingerprint density at radius 3 is 2.27 bits per heavy atom. The van der Waals surface area contributed by atoms with Crippen molar-refractivity contribution in [1.82, 2.24) is 4.98 Å².